The van der Waals surface area contributed by atoms with Gasteiger partial charge in [-0.15, -0.1) is 11.3 Å². The Bertz CT molecular complexity index is 1060. The standard InChI is InChI=1S/C19H15F3N4O2S/c1-11-7-17(19(20,21)22)24-26(11)15(9-27)18-23-14(10-29-18)13-8-16(28-25-13)12-5-3-2-4-6-12/h2-7,9-10,15-16H,8H2,1H3/t15?,16-/m1/s1. The van der Waals surface area contributed by atoms with Gasteiger partial charge in [0, 0.05) is 17.5 Å². The van der Waals surface area contributed by atoms with E-state index in [9.17, 15) is 18.0 Å². The van der Waals surface area contributed by atoms with E-state index in [1.54, 1.807) is 5.38 Å². The molecular formula is C19H15F3N4O2S. The van der Waals surface area contributed by atoms with Crippen molar-refractivity contribution < 1.29 is 22.8 Å². The van der Waals surface area contributed by atoms with Crippen molar-refractivity contribution in [1.29, 1.82) is 0 Å². The lowest BCUT2D eigenvalue weighted by Gasteiger charge is -2.10. The lowest BCUT2D eigenvalue weighted by Crippen LogP contribution is -2.16. The van der Waals surface area contributed by atoms with Crippen molar-refractivity contribution in [2.45, 2.75) is 31.7 Å². The molecule has 0 radical (unpaired) electrons. The molecule has 0 bridgehead atoms. The number of nitrogens with zero attached hydrogens (tertiary/aromatic N) is 4. The molecule has 0 amide bonds. The first-order valence-corrected chi connectivity index (χ1v) is 9.57. The van der Waals surface area contributed by atoms with Crippen LogP contribution < -0.4 is 0 Å². The third-order valence-corrected chi connectivity index (χ3v) is 5.43. The van der Waals surface area contributed by atoms with Gasteiger partial charge < -0.3 is 9.63 Å². The number of thiazole rings is 1. The molecular weight excluding hydrogens is 405 g/mol. The fourth-order valence-electron chi connectivity index (χ4n) is 3.06. The molecule has 0 saturated heterocycles. The molecule has 0 spiro atoms. The van der Waals surface area contributed by atoms with E-state index in [-0.39, 0.29) is 11.8 Å². The molecule has 1 aliphatic rings. The summed E-state index contributed by atoms with van der Waals surface area (Å²) in [6.45, 7) is 1.46. The minimum atomic E-state index is -4.58. The summed E-state index contributed by atoms with van der Waals surface area (Å²) in [6, 6.07) is 9.48. The number of aryl methyl sites for hydroxylation is 1. The van der Waals surface area contributed by atoms with Crippen LogP contribution in [0.3, 0.4) is 0 Å². The molecule has 29 heavy (non-hydrogen) atoms. The molecule has 4 rings (SSSR count). The maximum absolute atomic E-state index is 12.9. The molecule has 0 N–H and O–H groups in total. The fourth-order valence-corrected chi connectivity index (χ4v) is 3.93. The van der Waals surface area contributed by atoms with Crippen molar-refractivity contribution in [2.24, 2.45) is 5.16 Å². The zero-order valence-corrected chi connectivity index (χ0v) is 15.9. The summed E-state index contributed by atoms with van der Waals surface area (Å²) in [5.74, 6) is 0. The summed E-state index contributed by atoms with van der Waals surface area (Å²) in [7, 11) is 0. The lowest BCUT2D eigenvalue weighted by atomic mass is 10.0. The summed E-state index contributed by atoms with van der Waals surface area (Å²) in [4.78, 5) is 21.6. The van der Waals surface area contributed by atoms with Crippen LogP contribution in [0.2, 0.25) is 0 Å². The zero-order valence-electron chi connectivity index (χ0n) is 15.1. The van der Waals surface area contributed by atoms with Crippen LogP contribution in [0.25, 0.3) is 0 Å². The van der Waals surface area contributed by atoms with Crippen molar-refractivity contribution >= 4 is 23.3 Å². The van der Waals surface area contributed by atoms with Gasteiger partial charge in [-0.05, 0) is 18.6 Å². The first kappa shape index (κ1) is 19.3. The van der Waals surface area contributed by atoms with Crippen LogP contribution in [0.15, 0.2) is 46.9 Å². The quantitative estimate of drug-likeness (QED) is 0.577. The van der Waals surface area contributed by atoms with Crippen LogP contribution in [-0.2, 0) is 15.8 Å². The molecule has 1 aliphatic heterocycles. The minimum Gasteiger partial charge on any atom is -0.387 e. The largest absolute Gasteiger partial charge is 0.435 e. The number of alkyl halides is 3. The van der Waals surface area contributed by atoms with E-state index in [4.69, 9.17) is 4.84 Å². The van der Waals surface area contributed by atoms with E-state index in [0.717, 1.165) is 16.3 Å². The summed E-state index contributed by atoms with van der Waals surface area (Å²) < 4.78 is 39.8. The second-order valence-corrected chi connectivity index (χ2v) is 7.40. The van der Waals surface area contributed by atoms with E-state index >= 15 is 0 Å². The topological polar surface area (TPSA) is 69.4 Å². The van der Waals surface area contributed by atoms with Gasteiger partial charge >= 0.3 is 6.18 Å². The molecule has 2 atom stereocenters. The number of benzene rings is 1. The Morgan fingerprint density at radius 1 is 1.31 bits per heavy atom. The molecule has 2 aromatic heterocycles. The van der Waals surface area contributed by atoms with Gasteiger partial charge in [-0.2, -0.15) is 18.3 Å². The zero-order chi connectivity index (χ0) is 20.6. The predicted octanol–water partition coefficient (Wildman–Crippen LogP) is 4.32. The molecule has 0 saturated carbocycles. The Labute approximate surface area is 167 Å². The van der Waals surface area contributed by atoms with Crippen LogP contribution >= 0.6 is 11.3 Å². The van der Waals surface area contributed by atoms with Crippen LogP contribution in [0.4, 0.5) is 13.2 Å². The third kappa shape index (κ3) is 3.80. The second-order valence-electron chi connectivity index (χ2n) is 6.51. The van der Waals surface area contributed by atoms with Gasteiger partial charge in [0.05, 0.1) is 5.69 Å². The number of aromatic nitrogens is 3. The van der Waals surface area contributed by atoms with Crippen molar-refractivity contribution in [3.8, 4) is 0 Å². The van der Waals surface area contributed by atoms with Crippen LogP contribution in [0.1, 0.15) is 46.2 Å². The molecule has 1 aromatic carbocycles. The highest BCUT2D eigenvalue weighted by Gasteiger charge is 2.36. The normalized spacial score (nSPS) is 17.7. The first-order valence-electron chi connectivity index (χ1n) is 8.69. The Morgan fingerprint density at radius 2 is 2.07 bits per heavy atom. The van der Waals surface area contributed by atoms with Crippen molar-refractivity contribution in [2.75, 3.05) is 0 Å². The maximum atomic E-state index is 12.9. The van der Waals surface area contributed by atoms with Gasteiger partial charge in [-0.25, -0.2) is 4.98 Å². The number of oxime groups is 1. The summed E-state index contributed by atoms with van der Waals surface area (Å²) in [6.07, 6.45) is -3.76. The number of aldehydes is 1. The van der Waals surface area contributed by atoms with Gasteiger partial charge in [0.1, 0.15) is 10.7 Å². The van der Waals surface area contributed by atoms with E-state index in [1.807, 2.05) is 30.3 Å². The number of rotatable bonds is 5. The highest BCUT2D eigenvalue weighted by atomic mass is 32.1. The third-order valence-electron chi connectivity index (χ3n) is 4.52. The Morgan fingerprint density at radius 3 is 2.72 bits per heavy atom. The highest BCUT2D eigenvalue weighted by Crippen LogP contribution is 2.32. The van der Waals surface area contributed by atoms with Crippen LogP contribution in [-0.4, -0.2) is 26.8 Å². The molecule has 3 aromatic rings. The minimum absolute atomic E-state index is 0.219. The first-order chi connectivity index (χ1) is 13.9. The van der Waals surface area contributed by atoms with E-state index in [1.165, 1.54) is 18.3 Å². The van der Waals surface area contributed by atoms with Crippen molar-refractivity contribution in [3.63, 3.8) is 0 Å². The van der Waals surface area contributed by atoms with Gasteiger partial charge in [0.25, 0.3) is 0 Å². The number of halogens is 3. The summed E-state index contributed by atoms with van der Waals surface area (Å²) >= 11 is 1.17. The van der Waals surface area contributed by atoms with E-state index in [2.05, 4.69) is 15.2 Å². The molecule has 0 fully saturated rings. The average molecular weight is 420 g/mol. The van der Waals surface area contributed by atoms with Crippen LogP contribution in [0.5, 0.6) is 0 Å². The van der Waals surface area contributed by atoms with E-state index in [0.29, 0.717) is 29.1 Å². The number of hydrogen-bond donors (Lipinski definition) is 0. The van der Waals surface area contributed by atoms with Crippen molar-refractivity contribution in [1.82, 2.24) is 14.8 Å². The van der Waals surface area contributed by atoms with Gasteiger partial charge in [-0.1, -0.05) is 35.5 Å². The van der Waals surface area contributed by atoms with E-state index < -0.39 is 17.9 Å². The molecule has 10 heteroatoms. The number of carbonyl (C=O) groups is 1. The maximum Gasteiger partial charge on any atom is 0.435 e. The molecule has 6 nitrogen and oxygen atoms in total. The van der Waals surface area contributed by atoms with Gasteiger partial charge in [-0.3, -0.25) is 4.68 Å². The molecule has 1 unspecified atom stereocenters. The number of carbonyl (C=O) groups excluding carboxylic acids is 1. The predicted molar refractivity (Wildman–Crippen MR) is 99.7 cm³/mol. The summed E-state index contributed by atoms with van der Waals surface area (Å²) in [5, 5.41) is 9.70. The molecule has 150 valence electrons. The molecule has 3 heterocycles. The summed E-state index contributed by atoms with van der Waals surface area (Å²) in [5.41, 5.74) is 1.32. The lowest BCUT2D eigenvalue weighted by molar-refractivity contribution is -0.141. The highest BCUT2D eigenvalue weighted by molar-refractivity contribution is 7.10. The Balaban J connectivity index is 1.56. The fraction of sp³-hybridized carbons (Fsp3) is 0.263. The van der Waals surface area contributed by atoms with Gasteiger partial charge in [0.15, 0.2) is 24.1 Å². The van der Waals surface area contributed by atoms with Gasteiger partial charge in [0.2, 0.25) is 0 Å². The molecule has 0 aliphatic carbocycles. The average Bonchev–Trinajstić information content (AvgIpc) is 3.43. The smallest absolute Gasteiger partial charge is 0.387 e. The van der Waals surface area contributed by atoms with Crippen molar-refractivity contribution in [3.05, 3.63) is 69.4 Å². The second kappa shape index (κ2) is 7.43. The SMILES string of the molecule is Cc1cc(C(F)(F)F)nn1C(C=O)c1nc(C2=NO[C@@H](c3ccccc3)C2)cs1. The number of hydrogen-bond acceptors (Lipinski definition) is 6. The Kier molecular flexibility index (Phi) is 4.95. The van der Waals surface area contributed by atoms with Crippen LogP contribution in [0, 0.1) is 6.92 Å². The Hall–Kier alpha value is -3.01. The monoisotopic (exact) mass is 420 g/mol.